The van der Waals surface area contributed by atoms with Crippen molar-refractivity contribution in [2.24, 2.45) is 5.92 Å². The van der Waals surface area contributed by atoms with E-state index in [1.54, 1.807) is 6.07 Å². The van der Waals surface area contributed by atoms with Crippen LogP contribution in [0.5, 0.6) is 5.75 Å². The lowest BCUT2D eigenvalue weighted by molar-refractivity contribution is -0.144. The summed E-state index contributed by atoms with van der Waals surface area (Å²) < 4.78 is 19.8. The number of carboxylic acid groups (broad SMARTS) is 1. The maximum Gasteiger partial charge on any atom is 0.344 e. The Morgan fingerprint density at radius 3 is 2.50 bits per heavy atom. The van der Waals surface area contributed by atoms with Crippen LogP contribution in [-0.2, 0) is 16.0 Å². The molecule has 0 radical (unpaired) electrons. The van der Waals surface area contributed by atoms with Gasteiger partial charge in [-0.05, 0) is 74.1 Å². The van der Waals surface area contributed by atoms with E-state index >= 15 is 0 Å². The van der Waals surface area contributed by atoms with Gasteiger partial charge < -0.3 is 20.1 Å². The Morgan fingerprint density at radius 1 is 1.14 bits per heavy atom. The zero-order valence-corrected chi connectivity index (χ0v) is 22.0. The minimum Gasteiger partial charge on any atom is -0.479 e. The third-order valence-electron chi connectivity index (χ3n) is 6.42. The molecule has 36 heavy (non-hydrogen) atoms. The van der Waals surface area contributed by atoms with Crippen LogP contribution in [0, 0.1) is 11.7 Å². The number of carbonyl (C=O) groups is 2. The molecule has 1 atom stereocenters. The number of carboxylic acids is 1. The molecule has 1 unspecified atom stereocenters. The Bertz CT molecular complexity index is 1060. The molecule has 1 aliphatic carbocycles. The second-order valence-corrected chi connectivity index (χ2v) is 10.3. The average Bonchev–Trinajstić information content (AvgIpc) is 2.83. The first-order valence-corrected chi connectivity index (χ1v) is 13.1. The van der Waals surface area contributed by atoms with E-state index in [4.69, 9.17) is 16.3 Å². The number of ether oxygens (including phenoxy) is 1. The van der Waals surface area contributed by atoms with Crippen LogP contribution in [0.25, 0.3) is 0 Å². The Hall–Kier alpha value is -2.80. The lowest BCUT2D eigenvalue weighted by Gasteiger charge is -2.38. The van der Waals surface area contributed by atoms with Crippen LogP contribution >= 0.6 is 11.6 Å². The standard InChI is InChI=1S/C28H36ClFN2O4/c1-18(2)17-32(22-7-5-4-6-8-22)26-13-11-23(36-19(3)28(34)35)15-20(26)9-14-27(33)31-25-12-10-21(29)16-24(25)30/h10-13,15-16,18-19,22H,4-9,14,17H2,1-3H3,(H,31,33)(H,34,35). The molecule has 1 saturated carbocycles. The van der Waals surface area contributed by atoms with Gasteiger partial charge >= 0.3 is 5.97 Å². The first kappa shape index (κ1) is 27.8. The van der Waals surface area contributed by atoms with Gasteiger partial charge in [0.1, 0.15) is 11.6 Å². The van der Waals surface area contributed by atoms with E-state index in [-0.39, 0.29) is 23.0 Å². The van der Waals surface area contributed by atoms with E-state index in [9.17, 15) is 19.1 Å². The number of benzene rings is 2. The molecule has 0 aliphatic heterocycles. The van der Waals surface area contributed by atoms with E-state index in [1.165, 1.54) is 38.3 Å². The fraction of sp³-hybridized carbons (Fsp3) is 0.500. The van der Waals surface area contributed by atoms with Gasteiger partial charge in [0.15, 0.2) is 6.10 Å². The number of aryl methyl sites for hydroxylation is 1. The Labute approximate surface area is 217 Å². The van der Waals surface area contributed by atoms with Gasteiger partial charge in [-0.1, -0.05) is 44.7 Å². The second-order valence-electron chi connectivity index (χ2n) is 9.90. The zero-order chi connectivity index (χ0) is 26.2. The maximum absolute atomic E-state index is 14.1. The number of aliphatic carboxylic acids is 1. The van der Waals surface area contributed by atoms with Crippen LogP contribution in [0.3, 0.4) is 0 Å². The largest absolute Gasteiger partial charge is 0.479 e. The summed E-state index contributed by atoms with van der Waals surface area (Å²) in [7, 11) is 0. The van der Waals surface area contributed by atoms with Crippen molar-refractivity contribution >= 4 is 34.9 Å². The summed E-state index contributed by atoms with van der Waals surface area (Å²) in [6.07, 6.45) is 5.42. The molecule has 1 fully saturated rings. The molecule has 0 bridgehead atoms. The van der Waals surface area contributed by atoms with Crippen LogP contribution in [0.1, 0.15) is 64.9 Å². The van der Waals surface area contributed by atoms with Crippen LogP contribution in [0.15, 0.2) is 36.4 Å². The highest BCUT2D eigenvalue weighted by atomic mass is 35.5. The van der Waals surface area contributed by atoms with Crippen molar-refractivity contribution in [3.05, 3.63) is 52.8 Å². The molecule has 6 nitrogen and oxygen atoms in total. The molecule has 0 aromatic heterocycles. The summed E-state index contributed by atoms with van der Waals surface area (Å²) >= 11 is 5.81. The molecule has 1 aliphatic rings. The number of nitrogens with one attached hydrogen (secondary N) is 1. The molecular formula is C28H36ClFN2O4. The van der Waals surface area contributed by atoms with Crippen LogP contribution in [0.2, 0.25) is 5.02 Å². The van der Waals surface area contributed by atoms with Crippen LogP contribution in [0.4, 0.5) is 15.8 Å². The smallest absolute Gasteiger partial charge is 0.344 e. The minimum atomic E-state index is -1.05. The van der Waals surface area contributed by atoms with Crippen molar-refractivity contribution in [3.63, 3.8) is 0 Å². The number of hydrogen-bond acceptors (Lipinski definition) is 4. The molecular weight excluding hydrogens is 483 g/mol. The number of nitrogens with zero attached hydrogens (tertiary/aromatic N) is 1. The molecule has 196 valence electrons. The second kappa shape index (κ2) is 12.9. The van der Waals surface area contributed by atoms with Gasteiger partial charge in [0.2, 0.25) is 5.91 Å². The highest BCUT2D eigenvalue weighted by molar-refractivity contribution is 6.30. The van der Waals surface area contributed by atoms with Crippen LogP contribution in [-0.4, -0.2) is 35.7 Å². The molecule has 2 N–H and O–H groups in total. The predicted molar refractivity (Wildman–Crippen MR) is 142 cm³/mol. The number of halogens is 2. The number of anilines is 2. The van der Waals surface area contributed by atoms with Crippen molar-refractivity contribution in [1.82, 2.24) is 0 Å². The monoisotopic (exact) mass is 518 g/mol. The molecule has 8 heteroatoms. The van der Waals surface area contributed by atoms with E-state index in [0.717, 1.165) is 36.7 Å². The highest BCUT2D eigenvalue weighted by Crippen LogP contribution is 2.34. The molecule has 1 amide bonds. The van der Waals surface area contributed by atoms with Gasteiger partial charge in [-0.3, -0.25) is 4.79 Å². The number of rotatable bonds is 11. The predicted octanol–water partition coefficient (Wildman–Crippen LogP) is 6.70. The third kappa shape index (κ3) is 7.85. The van der Waals surface area contributed by atoms with Crippen molar-refractivity contribution in [1.29, 1.82) is 0 Å². The lowest BCUT2D eigenvalue weighted by atomic mass is 9.92. The first-order valence-electron chi connectivity index (χ1n) is 12.7. The molecule has 2 aromatic rings. The van der Waals surface area contributed by atoms with Gasteiger partial charge in [0, 0.05) is 29.7 Å². The molecule has 0 spiro atoms. The summed E-state index contributed by atoms with van der Waals surface area (Å²) in [5.41, 5.74) is 2.03. The third-order valence-corrected chi connectivity index (χ3v) is 6.66. The van der Waals surface area contributed by atoms with E-state index in [0.29, 0.717) is 24.1 Å². The summed E-state index contributed by atoms with van der Waals surface area (Å²) in [5, 5.41) is 12.1. The van der Waals surface area contributed by atoms with Crippen molar-refractivity contribution in [2.45, 2.75) is 77.9 Å². The SMILES string of the molecule is CC(C)CN(c1ccc(OC(C)C(=O)O)cc1CCC(=O)Nc1ccc(Cl)cc1F)C1CCCCC1. The molecule has 0 saturated heterocycles. The highest BCUT2D eigenvalue weighted by Gasteiger charge is 2.25. The Morgan fingerprint density at radius 2 is 1.86 bits per heavy atom. The topological polar surface area (TPSA) is 78.9 Å². The fourth-order valence-electron chi connectivity index (χ4n) is 4.65. The van der Waals surface area contributed by atoms with Crippen molar-refractivity contribution in [3.8, 4) is 5.75 Å². The Kier molecular flexibility index (Phi) is 9.99. The summed E-state index contributed by atoms with van der Waals surface area (Å²) in [5.74, 6) is -1.07. The summed E-state index contributed by atoms with van der Waals surface area (Å²) in [6, 6.07) is 10.2. The number of carbonyl (C=O) groups excluding carboxylic acids is 1. The van der Waals surface area contributed by atoms with Crippen molar-refractivity contribution < 1.29 is 23.8 Å². The summed E-state index contributed by atoms with van der Waals surface area (Å²) in [4.78, 5) is 26.5. The van der Waals surface area contributed by atoms with Gasteiger partial charge in [0.05, 0.1) is 5.69 Å². The average molecular weight is 519 g/mol. The molecule has 3 rings (SSSR count). The van der Waals surface area contributed by atoms with Gasteiger partial charge in [-0.25, -0.2) is 9.18 Å². The zero-order valence-electron chi connectivity index (χ0n) is 21.2. The van der Waals surface area contributed by atoms with E-state index in [1.807, 2.05) is 12.1 Å². The van der Waals surface area contributed by atoms with E-state index in [2.05, 4.69) is 24.1 Å². The minimum absolute atomic E-state index is 0.0839. The number of hydrogen-bond donors (Lipinski definition) is 2. The first-order chi connectivity index (χ1) is 17.1. The van der Waals surface area contributed by atoms with Gasteiger partial charge in [0.25, 0.3) is 0 Å². The lowest BCUT2D eigenvalue weighted by Crippen LogP contribution is -2.40. The Balaban J connectivity index is 1.85. The van der Waals surface area contributed by atoms with Gasteiger partial charge in [-0.2, -0.15) is 0 Å². The quantitative estimate of drug-likeness (QED) is 0.346. The maximum atomic E-state index is 14.1. The van der Waals surface area contributed by atoms with Crippen LogP contribution < -0.4 is 15.0 Å². The van der Waals surface area contributed by atoms with Crippen molar-refractivity contribution in [2.75, 3.05) is 16.8 Å². The van der Waals surface area contributed by atoms with E-state index < -0.39 is 17.9 Å². The fourth-order valence-corrected chi connectivity index (χ4v) is 4.81. The normalized spacial score (nSPS) is 14.9. The number of amides is 1. The van der Waals surface area contributed by atoms with Gasteiger partial charge in [-0.15, -0.1) is 0 Å². The summed E-state index contributed by atoms with van der Waals surface area (Å²) in [6.45, 7) is 6.74. The molecule has 2 aromatic carbocycles. The molecule has 0 heterocycles.